The summed E-state index contributed by atoms with van der Waals surface area (Å²) >= 11 is 0. The first kappa shape index (κ1) is 28.7. The number of guanidine groups is 1. The fraction of sp³-hybridized carbons (Fsp3) is 0.440. The highest BCUT2D eigenvalue weighted by Crippen LogP contribution is 2.09. The molecule has 0 radical (unpaired) electrons. The van der Waals surface area contributed by atoms with E-state index in [2.05, 4.69) is 51.3 Å². The number of carbonyl (C=O) groups is 1. The van der Waals surface area contributed by atoms with E-state index < -0.39 is 11.7 Å². The first-order valence-electron chi connectivity index (χ1n) is 11.0. The Kier molecular flexibility index (Phi) is 13.5. The molecule has 2 rings (SSSR count). The molecular weight excluding hydrogens is 531 g/mol. The molecule has 0 bridgehead atoms. The maximum absolute atomic E-state index is 11.6. The van der Waals surface area contributed by atoms with Crippen molar-refractivity contribution in [3.63, 3.8) is 0 Å². The first-order valence-corrected chi connectivity index (χ1v) is 11.0. The molecule has 2 aromatic carbocycles. The summed E-state index contributed by atoms with van der Waals surface area (Å²) in [5.41, 5.74) is 2.97. The summed E-state index contributed by atoms with van der Waals surface area (Å²) < 4.78 is 11.0. The van der Waals surface area contributed by atoms with E-state index in [4.69, 9.17) is 9.47 Å². The van der Waals surface area contributed by atoms with Crippen molar-refractivity contribution in [2.75, 3.05) is 20.1 Å². The zero-order chi connectivity index (χ0) is 23.2. The third kappa shape index (κ3) is 13.1. The zero-order valence-corrected chi connectivity index (χ0v) is 22.3. The molecule has 2 aromatic rings. The molecule has 33 heavy (non-hydrogen) atoms. The van der Waals surface area contributed by atoms with E-state index in [1.165, 1.54) is 5.56 Å². The summed E-state index contributed by atoms with van der Waals surface area (Å²) in [7, 11) is 1.74. The second-order valence-electron chi connectivity index (χ2n) is 8.43. The molecule has 0 heterocycles. The summed E-state index contributed by atoms with van der Waals surface area (Å²) in [4.78, 5) is 15.9. The van der Waals surface area contributed by atoms with Gasteiger partial charge < -0.3 is 25.4 Å². The SMILES string of the molecule is CN=C(NCCCNC(=O)OC(C)(C)C)NCc1cccc(COCc2ccccc2)c1.I. The molecular formula is C25H37IN4O3. The van der Waals surface area contributed by atoms with Gasteiger partial charge in [-0.3, -0.25) is 4.99 Å². The van der Waals surface area contributed by atoms with E-state index in [-0.39, 0.29) is 24.0 Å². The van der Waals surface area contributed by atoms with Crippen molar-refractivity contribution in [3.05, 3.63) is 71.3 Å². The highest BCUT2D eigenvalue weighted by molar-refractivity contribution is 14.0. The number of hydrogen-bond donors (Lipinski definition) is 3. The number of ether oxygens (including phenoxy) is 2. The Hall–Kier alpha value is -2.33. The fourth-order valence-corrected chi connectivity index (χ4v) is 2.90. The van der Waals surface area contributed by atoms with Gasteiger partial charge in [-0.2, -0.15) is 0 Å². The van der Waals surface area contributed by atoms with E-state index in [1.807, 2.05) is 45.0 Å². The highest BCUT2D eigenvalue weighted by atomic mass is 127. The van der Waals surface area contributed by atoms with Crippen LogP contribution in [0.4, 0.5) is 4.79 Å². The van der Waals surface area contributed by atoms with Crippen LogP contribution in [0.1, 0.15) is 43.9 Å². The van der Waals surface area contributed by atoms with Gasteiger partial charge in [0.25, 0.3) is 0 Å². The summed E-state index contributed by atoms with van der Waals surface area (Å²) in [6, 6.07) is 18.5. The molecule has 8 heteroatoms. The van der Waals surface area contributed by atoms with Crippen LogP contribution in [-0.4, -0.2) is 37.8 Å². The lowest BCUT2D eigenvalue weighted by Crippen LogP contribution is -2.39. The van der Waals surface area contributed by atoms with Crippen LogP contribution in [-0.2, 0) is 29.2 Å². The third-order valence-electron chi connectivity index (χ3n) is 4.37. The maximum Gasteiger partial charge on any atom is 0.407 e. The molecule has 0 aliphatic heterocycles. The number of amides is 1. The minimum Gasteiger partial charge on any atom is -0.444 e. The van der Waals surface area contributed by atoms with Crippen molar-refractivity contribution in [2.24, 2.45) is 4.99 Å². The van der Waals surface area contributed by atoms with Crippen LogP contribution in [0.5, 0.6) is 0 Å². The average molecular weight is 569 g/mol. The number of halogens is 1. The van der Waals surface area contributed by atoms with Crippen LogP contribution in [0.2, 0.25) is 0 Å². The quantitative estimate of drug-likeness (QED) is 0.169. The minimum atomic E-state index is -0.486. The van der Waals surface area contributed by atoms with E-state index in [0.717, 1.165) is 17.5 Å². The number of benzene rings is 2. The second kappa shape index (κ2) is 15.5. The van der Waals surface area contributed by atoms with Gasteiger partial charge in [-0.15, -0.1) is 24.0 Å². The molecule has 0 aromatic heterocycles. The van der Waals surface area contributed by atoms with Gasteiger partial charge in [0.15, 0.2) is 5.96 Å². The van der Waals surface area contributed by atoms with Crippen LogP contribution in [0.25, 0.3) is 0 Å². The normalized spacial score (nSPS) is 11.3. The number of carbonyl (C=O) groups excluding carboxylic acids is 1. The molecule has 0 atom stereocenters. The molecule has 0 saturated heterocycles. The lowest BCUT2D eigenvalue weighted by molar-refractivity contribution is 0.0527. The number of nitrogens with one attached hydrogen (secondary N) is 3. The molecule has 0 aliphatic rings. The topological polar surface area (TPSA) is 84.0 Å². The summed E-state index contributed by atoms with van der Waals surface area (Å²) in [5, 5.41) is 9.31. The van der Waals surface area contributed by atoms with Gasteiger partial charge in [0.1, 0.15) is 5.60 Å². The second-order valence-corrected chi connectivity index (χ2v) is 8.43. The van der Waals surface area contributed by atoms with Crippen LogP contribution in [0.3, 0.4) is 0 Å². The largest absolute Gasteiger partial charge is 0.444 e. The standard InChI is InChI=1S/C25H36N4O3.HI/c1-25(2,3)32-24(30)28-15-9-14-27-23(26-4)29-17-21-12-8-13-22(16-21)19-31-18-20-10-6-5-7-11-20;/h5-8,10-13,16H,9,14-15,17-19H2,1-4H3,(H,28,30)(H2,26,27,29);1H. The van der Waals surface area contributed by atoms with Gasteiger partial charge in [0.2, 0.25) is 0 Å². The number of rotatable bonds is 10. The van der Waals surface area contributed by atoms with Crippen LogP contribution >= 0.6 is 24.0 Å². The Bertz CT molecular complexity index is 854. The van der Waals surface area contributed by atoms with Crippen molar-refractivity contribution < 1.29 is 14.3 Å². The van der Waals surface area contributed by atoms with Crippen LogP contribution in [0, 0.1) is 0 Å². The van der Waals surface area contributed by atoms with Crippen molar-refractivity contribution in [1.29, 1.82) is 0 Å². The highest BCUT2D eigenvalue weighted by Gasteiger charge is 2.15. The Morgan fingerprint density at radius 1 is 0.879 bits per heavy atom. The van der Waals surface area contributed by atoms with E-state index in [0.29, 0.717) is 38.8 Å². The van der Waals surface area contributed by atoms with Crippen molar-refractivity contribution in [1.82, 2.24) is 16.0 Å². The Labute approximate surface area is 214 Å². The van der Waals surface area contributed by atoms with Gasteiger partial charge in [0.05, 0.1) is 13.2 Å². The lowest BCUT2D eigenvalue weighted by Gasteiger charge is -2.19. The Morgan fingerprint density at radius 2 is 1.52 bits per heavy atom. The summed E-state index contributed by atoms with van der Waals surface area (Å²) in [6.45, 7) is 8.57. The van der Waals surface area contributed by atoms with Crippen molar-refractivity contribution >= 4 is 36.0 Å². The van der Waals surface area contributed by atoms with E-state index >= 15 is 0 Å². The summed E-state index contributed by atoms with van der Waals surface area (Å²) in [6.07, 6.45) is 0.362. The maximum atomic E-state index is 11.6. The lowest BCUT2D eigenvalue weighted by atomic mass is 10.1. The smallest absolute Gasteiger partial charge is 0.407 e. The number of nitrogens with zero attached hydrogens (tertiary/aromatic N) is 1. The van der Waals surface area contributed by atoms with Crippen molar-refractivity contribution in [2.45, 2.75) is 52.6 Å². The molecule has 0 saturated carbocycles. The van der Waals surface area contributed by atoms with Gasteiger partial charge >= 0.3 is 6.09 Å². The van der Waals surface area contributed by atoms with Crippen LogP contribution in [0.15, 0.2) is 59.6 Å². The average Bonchev–Trinajstić information content (AvgIpc) is 2.75. The Balaban J connectivity index is 0.00000544. The van der Waals surface area contributed by atoms with Gasteiger partial charge in [-0.25, -0.2) is 4.79 Å². The predicted octanol–water partition coefficient (Wildman–Crippen LogP) is 4.60. The van der Waals surface area contributed by atoms with Crippen LogP contribution < -0.4 is 16.0 Å². The number of alkyl carbamates (subject to hydrolysis) is 1. The first-order chi connectivity index (χ1) is 15.4. The molecule has 0 spiro atoms. The third-order valence-corrected chi connectivity index (χ3v) is 4.37. The Morgan fingerprint density at radius 3 is 2.21 bits per heavy atom. The van der Waals surface area contributed by atoms with E-state index in [9.17, 15) is 4.79 Å². The number of aliphatic imine (C=N–C) groups is 1. The summed E-state index contributed by atoms with van der Waals surface area (Å²) in [5.74, 6) is 0.716. The van der Waals surface area contributed by atoms with E-state index in [1.54, 1.807) is 7.05 Å². The fourth-order valence-electron chi connectivity index (χ4n) is 2.90. The predicted molar refractivity (Wildman–Crippen MR) is 144 cm³/mol. The molecule has 0 fully saturated rings. The van der Waals surface area contributed by atoms with Gasteiger partial charge in [-0.1, -0.05) is 54.6 Å². The molecule has 3 N–H and O–H groups in total. The van der Waals surface area contributed by atoms with Gasteiger partial charge in [0, 0.05) is 26.7 Å². The molecule has 182 valence electrons. The van der Waals surface area contributed by atoms with Crippen molar-refractivity contribution in [3.8, 4) is 0 Å². The minimum absolute atomic E-state index is 0. The molecule has 7 nitrogen and oxygen atoms in total. The molecule has 0 aliphatic carbocycles. The van der Waals surface area contributed by atoms with Gasteiger partial charge in [-0.05, 0) is 43.9 Å². The number of hydrogen-bond acceptors (Lipinski definition) is 4. The molecule has 1 amide bonds. The zero-order valence-electron chi connectivity index (χ0n) is 20.0. The monoisotopic (exact) mass is 568 g/mol. The molecule has 0 unspecified atom stereocenters.